The van der Waals surface area contributed by atoms with Gasteiger partial charge in [-0.25, -0.2) is 0 Å². The smallest absolute Gasteiger partial charge is 0.224 e. The number of hydrogen-bond donors (Lipinski definition) is 1. The lowest BCUT2D eigenvalue weighted by molar-refractivity contribution is -0.129. The zero-order valence-electron chi connectivity index (χ0n) is 15.1. The molecule has 0 aliphatic carbocycles. The van der Waals surface area contributed by atoms with Gasteiger partial charge in [-0.3, -0.25) is 9.69 Å². The lowest BCUT2D eigenvalue weighted by Crippen LogP contribution is -2.52. The first-order valence-electron chi connectivity index (χ1n) is 9.43. The van der Waals surface area contributed by atoms with Crippen LogP contribution in [-0.2, 0) is 11.2 Å². The van der Waals surface area contributed by atoms with E-state index in [1.807, 2.05) is 14.1 Å². The SMILES string of the molecule is CN(C)c1ccc(CCNC(=O)[C@@H]2CCCN3CCCC[C@H]23)cc1. The van der Waals surface area contributed by atoms with E-state index < -0.39 is 0 Å². The average molecular weight is 329 g/mol. The zero-order valence-corrected chi connectivity index (χ0v) is 15.1. The van der Waals surface area contributed by atoms with E-state index in [-0.39, 0.29) is 11.8 Å². The van der Waals surface area contributed by atoms with Gasteiger partial charge in [-0.15, -0.1) is 0 Å². The van der Waals surface area contributed by atoms with Gasteiger partial charge in [0.2, 0.25) is 5.91 Å². The van der Waals surface area contributed by atoms with Crippen LogP contribution in [0.3, 0.4) is 0 Å². The molecule has 0 bridgehead atoms. The number of nitrogens with zero attached hydrogens (tertiary/aromatic N) is 2. The van der Waals surface area contributed by atoms with Gasteiger partial charge in [0.05, 0.1) is 5.92 Å². The van der Waals surface area contributed by atoms with E-state index in [2.05, 4.69) is 39.4 Å². The topological polar surface area (TPSA) is 35.6 Å². The second-order valence-corrected chi connectivity index (χ2v) is 7.45. The fraction of sp³-hybridized carbons (Fsp3) is 0.650. The minimum absolute atomic E-state index is 0.204. The van der Waals surface area contributed by atoms with Gasteiger partial charge in [0.25, 0.3) is 0 Å². The van der Waals surface area contributed by atoms with Crippen LogP contribution in [0.15, 0.2) is 24.3 Å². The molecule has 1 N–H and O–H groups in total. The van der Waals surface area contributed by atoms with Crippen molar-refractivity contribution in [2.75, 3.05) is 38.6 Å². The maximum absolute atomic E-state index is 12.6. The lowest BCUT2D eigenvalue weighted by Gasteiger charge is -2.43. The number of benzene rings is 1. The fourth-order valence-corrected chi connectivity index (χ4v) is 4.18. The van der Waals surface area contributed by atoms with Crippen molar-refractivity contribution >= 4 is 11.6 Å². The van der Waals surface area contributed by atoms with Crippen LogP contribution >= 0.6 is 0 Å². The molecular weight excluding hydrogens is 298 g/mol. The zero-order chi connectivity index (χ0) is 16.9. The minimum Gasteiger partial charge on any atom is -0.378 e. The third-order valence-corrected chi connectivity index (χ3v) is 5.59. The van der Waals surface area contributed by atoms with Crippen molar-refractivity contribution in [3.63, 3.8) is 0 Å². The van der Waals surface area contributed by atoms with Crippen molar-refractivity contribution in [1.82, 2.24) is 10.2 Å². The van der Waals surface area contributed by atoms with Crippen LogP contribution in [0.2, 0.25) is 0 Å². The lowest BCUT2D eigenvalue weighted by atomic mass is 9.83. The summed E-state index contributed by atoms with van der Waals surface area (Å²) in [7, 11) is 4.10. The van der Waals surface area contributed by atoms with Crippen LogP contribution in [-0.4, -0.2) is 50.6 Å². The van der Waals surface area contributed by atoms with Gasteiger partial charge in [-0.1, -0.05) is 18.6 Å². The number of carbonyl (C=O) groups is 1. The van der Waals surface area contributed by atoms with Crippen LogP contribution in [0.1, 0.15) is 37.7 Å². The van der Waals surface area contributed by atoms with E-state index >= 15 is 0 Å². The van der Waals surface area contributed by atoms with Crippen molar-refractivity contribution in [3.05, 3.63) is 29.8 Å². The number of hydrogen-bond acceptors (Lipinski definition) is 3. The summed E-state index contributed by atoms with van der Waals surface area (Å²) >= 11 is 0. The number of piperidine rings is 2. The summed E-state index contributed by atoms with van der Waals surface area (Å²) < 4.78 is 0. The Labute approximate surface area is 146 Å². The molecule has 132 valence electrons. The summed E-state index contributed by atoms with van der Waals surface area (Å²) in [5, 5.41) is 3.20. The Morgan fingerprint density at radius 3 is 2.62 bits per heavy atom. The number of amides is 1. The number of fused-ring (bicyclic) bond motifs is 1. The quantitative estimate of drug-likeness (QED) is 0.902. The van der Waals surface area contributed by atoms with E-state index in [0.29, 0.717) is 6.04 Å². The molecule has 1 amide bonds. The summed E-state index contributed by atoms with van der Waals surface area (Å²) in [6.45, 7) is 3.11. The molecule has 2 fully saturated rings. The fourth-order valence-electron chi connectivity index (χ4n) is 4.18. The minimum atomic E-state index is 0.204. The number of carbonyl (C=O) groups excluding carboxylic acids is 1. The first-order valence-corrected chi connectivity index (χ1v) is 9.43. The summed E-state index contributed by atoms with van der Waals surface area (Å²) in [6.07, 6.45) is 6.91. The molecule has 2 aliphatic rings. The Morgan fingerprint density at radius 1 is 1.12 bits per heavy atom. The predicted octanol–water partition coefficient (Wildman–Crippen LogP) is 2.68. The Hall–Kier alpha value is -1.55. The van der Waals surface area contributed by atoms with E-state index in [9.17, 15) is 4.79 Å². The van der Waals surface area contributed by atoms with Crippen molar-refractivity contribution in [2.45, 2.75) is 44.6 Å². The summed E-state index contributed by atoms with van der Waals surface area (Å²) in [5.74, 6) is 0.478. The van der Waals surface area contributed by atoms with Gasteiger partial charge in [-0.05, 0) is 62.9 Å². The molecule has 24 heavy (non-hydrogen) atoms. The van der Waals surface area contributed by atoms with Gasteiger partial charge in [0.1, 0.15) is 0 Å². The van der Waals surface area contributed by atoms with E-state index in [1.165, 1.54) is 50.0 Å². The Kier molecular flexibility index (Phi) is 5.77. The first kappa shape index (κ1) is 17.3. The Balaban J connectivity index is 1.48. The van der Waals surface area contributed by atoms with E-state index in [4.69, 9.17) is 0 Å². The molecule has 0 spiro atoms. The molecule has 0 saturated carbocycles. The van der Waals surface area contributed by atoms with Crippen LogP contribution in [0.25, 0.3) is 0 Å². The van der Waals surface area contributed by atoms with Crippen molar-refractivity contribution in [1.29, 1.82) is 0 Å². The monoisotopic (exact) mass is 329 g/mol. The van der Waals surface area contributed by atoms with Crippen LogP contribution in [0, 0.1) is 5.92 Å². The normalized spacial score (nSPS) is 24.2. The Bertz CT molecular complexity index is 538. The predicted molar refractivity (Wildman–Crippen MR) is 99.4 cm³/mol. The number of rotatable bonds is 5. The molecule has 4 heteroatoms. The maximum Gasteiger partial charge on any atom is 0.224 e. The van der Waals surface area contributed by atoms with E-state index in [1.54, 1.807) is 0 Å². The molecule has 1 aromatic carbocycles. The maximum atomic E-state index is 12.6. The average Bonchev–Trinajstić information content (AvgIpc) is 2.61. The first-order chi connectivity index (χ1) is 11.6. The molecule has 0 aromatic heterocycles. The van der Waals surface area contributed by atoms with Gasteiger partial charge < -0.3 is 10.2 Å². The molecule has 2 heterocycles. The van der Waals surface area contributed by atoms with Crippen LogP contribution < -0.4 is 10.2 Å². The second kappa shape index (κ2) is 8.02. The molecular formula is C20H31N3O. The number of nitrogens with one attached hydrogen (secondary N) is 1. The Morgan fingerprint density at radius 2 is 1.88 bits per heavy atom. The van der Waals surface area contributed by atoms with Crippen molar-refractivity contribution in [3.8, 4) is 0 Å². The molecule has 1 aromatic rings. The molecule has 2 atom stereocenters. The molecule has 3 rings (SSSR count). The highest BCUT2D eigenvalue weighted by Crippen LogP contribution is 2.30. The van der Waals surface area contributed by atoms with Gasteiger partial charge in [0, 0.05) is 32.4 Å². The highest BCUT2D eigenvalue weighted by atomic mass is 16.1. The van der Waals surface area contributed by atoms with Gasteiger partial charge >= 0.3 is 0 Å². The van der Waals surface area contributed by atoms with Gasteiger partial charge in [0.15, 0.2) is 0 Å². The van der Waals surface area contributed by atoms with Gasteiger partial charge in [-0.2, -0.15) is 0 Å². The third kappa shape index (κ3) is 4.10. The molecule has 0 unspecified atom stereocenters. The second-order valence-electron chi connectivity index (χ2n) is 7.45. The van der Waals surface area contributed by atoms with Crippen LogP contribution in [0.5, 0.6) is 0 Å². The standard InChI is InChI=1S/C20H31N3O/c1-22(2)17-10-8-16(9-11-17)12-13-21-20(24)18-6-5-15-23-14-4-3-7-19(18)23/h8-11,18-19H,3-7,12-15H2,1-2H3,(H,21,24)/t18-,19-/m1/s1. The summed E-state index contributed by atoms with van der Waals surface area (Å²) in [4.78, 5) is 17.3. The molecule has 0 radical (unpaired) electrons. The third-order valence-electron chi connectivity index (χ3n) is 5.59. The van der Waals surface area contributed by atoms with Crippen molar-refractivity contribution < 1.29 is 4.79 Å². The van der Waals surface area contributed by atoms with Crippen LogP contribution in [0.4, 0.5) is 5.69 Å². The summed E-state index contributed by atoms with van der Waals surface area (Å²) in [5.41, 5.74) is 2.49. The number of anilines is 1. The summed E-state index contributed by atoms with van der Waals surface area (Å²) in [6, 6.07) is 9.08. The highest BCUT2D eigenvalue weighted by molar-refractivity contribution is 5.79. The molecule has 4 nitrogen and oxygen atoms in total. The molecule has 2 aliphatic heterocycles. The van der Waals surface area contributed by atoms with Crippen molar-refractivity contribution in [2.24, 2.45) is 5.92 Å². The van der Waals surface area contributed by atoms with E-state index in [0.717, 1.165) is 19.4 Å². The molecule has 2 saturated heterocycles. The largest absolute Gasteiger partial charge is 0.378 e. The highest BCUT2D eigenvalue weighted by Gasteiger charge is 2.36.